The van der Waals surface area contributed by atoms with Crippen LogP contribution in [0.1, 0.15) is 24.3 Å². The van der Waals surface area contributed by atoms with Gasteiger partial charge in [0, 0.05) is 0 Å². The largest absolute Gasteiger partial charge is 0.508 e. The predicted molar refractivity (Wildman–Crippen MR) is 70.1 cm³/mol. The third-order valence-electron chi connectivity index (χ3n) is 3.87. The molecule has 1 aliphatic heterocycles. The minimum Gasteiger partial charge on any atom is -0.508 e. The molecule has 2 rings (SSSR count). The normalized spacial score (nSPS) is 26.7. The van der Waals surface area contributed by atoms with Gasteiger partial charge in [0.15, 0.2) is 0 Å². The summed E-state index contributed by atoms with van der Waals surface area (Å²) in [4.78, 5) is 2.37. The van der Waals surface area contributed by atoms with Crippen molar-refractivity contribution in [2.24, 2.45) is 11.7 Å². The number of hydrogen-bond acceptors (Lipinski definition) is 3. The first-order valence-electron chi connectivity index (χ1n) is 6.38. The third-order valence-corrected chi connectivity index (χ3v) is 3.87. The lowest BCUT2D eigenvalue weighted by atomic mass is 9.82. The summed E-state index contributed by atoms with van der Waals surface area (Å²) >= 11 is 0. The summed E-state index contributed by atoms with van der Waals surface area (Å²) in [6.45, 7) is 2.96. The van der Waals surface area contributed by atoms with Crippen molar-refractivity contribution in [1.82, 2.24) is 4.90 Å². The number of phenols is 1. The molecule has 1 aromatic rings. The fourth-order valence-electron chi connectivity index (χ4n) is 2.77. The lowest BCUT2D eigenvalue weighted by Crippen LogP contribution is -2.22. The Hall–Kier alpha value is -1.06. The van der Waals surface area contributed by atoms with Gasteiger partial charge in [-0.25, -0.2) is 0 Å². The maximum Gasteiger partial charge on any atom is 0.115 e. The highest BCUT2D eigenvalue weighted by atomic mass is 16.3. The summed E-state index contributed by atoms with van der Waals surface area (Å²) in [5.41, 5.74) is 7.14. The van der Waals surface area contributed by atoms with Crippen molar-refractivity contribution in [1.29, 1.82) is 0 Å². The Morgan fingerprint density at radius 3 is 2.82 bits per heavy atom. The number of rotatable bonds is 2. The van der Waals surface area contributed by atoms with Gasteiger partial charge in [-0.2, -0.15) is 0 Å². The first-order valence-corrected chi connectivity index (χ1v) is 6.38. The van der Waals surface area contributed by atoms with E-state index in [1.165, 1.54) is 5.56 Å². The summed E-state index contributed by atoms with van der Waals surface area (Å²) in [6, 6.07) is 7.65. The van der Waals surface area contributed by atoms with Crippen molar-refractivity contribution in [3.05, 3.63) is 29.8 Å². The highest BCUT2D eigenvalue weighted by molar-refractivity contribution is 5.30. The number of hydrogen-bond donors (Lipinski definition) is 2. The van der Waals surface area contributed by atoms with E-state index in [0.717, 1.165) is 32.5 Å². The van der Waals surface area contributed by atoms with Crippen molar-refractivity contribution in [2.75, 3.05) is 26.7 Å². The maximum absolute atomic E-state index is 9.58. The van der Waals surface area contributed by atoms with Crippen molar-refractivity contribution < 1.29 is 5.11 Å². The average Bonchev–Trinajstić information content (AvgIpc) is 2.51. The van der Waals surface area contributed by atoms with Gasteiger partial charge in [-0.3, -0.25) is 0 Å². The molecule has 0 amide bonds. The molecule has 3 nitrogen and oxygen atoms in total. The number of nitrogens with zero attached hydrogens (tertiary/aromatic N) is 1. The average molecular weight is 234 g/mol. The van der Waals surface area contributed by atoms with E-state index in [1.54, 1.807) is 6.07 Å². The van der Waals surface area contributed by atoms with E-state index in [-0.39, 0.29) is 0 Å². The van der Waals surface area contributed by atoms with Crippen LogP contribution in [-0.2, 0) is 0 Å². The molecule has 94 valence electrons. The van der Waals surface area contributed by atoms with E-state index in [1.807, 2.05) is 12.1 Å². The fourth-order valence-corrected chi connectivity index (χ4v) is 2.77. The van der Waals surface area contributed by atoms with Crippen LogP contribution in [-0.4, -0.2) is 36.7 Å². The lowest BCUT2D eigenvalue weighted by molar-refractivity contribution is 0.342. The molecule has 1 fully saturated rings. The molecule has 0 aliphatic carbocycles. The molecule has 3 N–H and O–H groups in total. The van der Waals surface area contributed by atoms with Gasteiger partial charge in [0.2, 0.25) is 0 Å². The van der Waals surface area contributed by atoms with E-state index < -0.39 is 0 Å². The zero-order valence-electron chi connectivity index (χ0n) is 10.5. The van der Waals surface area contributed by atoms with Crippen LogP contribution in [0.2, 0.25) is 0 Å². The fraction of sp³-hybridized carbons (Fsp3) is 0.571. The molecule has 0 spiro atoms. The van der Waals surface area contributed by atoms with Crippen LogP contribution in [0, 0.1) is 5.92 Å². The monoisotopic (exact) mass is 234 g/mol. The molecule has 0 radical (unpaired) electrons. The zero-order chi connectivity index (χ0) is 12.3. The standard InChI is InChI=1S/C14H22N2O/c1-16-7-5-12(10-15)14(6-8-16)11-3-2-4-13(17)9-11/h2-4,9,12,14,17H,5-8,10,15H2,1H3. The van der Waals surface area contributed by atoms with E-state index in [9.17, 15) is 5.11 Å². The van der Waals surface area contributed by atoms with Crippen molar-refractivity contribution in [3.63, 3.8) is 0 Å². The molecule has 0 bridgehead atoms. The minimum atomic E-state index is 0.357. The van der Waals surface area contributed by atoms with Gasteiger partial charge >= 0.3 is 0 Å². The first-order chi connectivity index (χ1) is 8.20. The molecular weight excluding hydrogens is 212 g/mol. The molecule has 0 saturated carbocycles. The van der Waals surface area contributed by atoms with Gasteiger partial charge in [0.05, 0.1) is 0 Å². The van der Waals surface area contributed by atoms with Crippen molar-refractivity contribution in [2.45, 2.75) is 18.8 Å². The number of aromatic hydroxyl groups is 1. The van der Waals surface area contributed by atoms with Gasteiger partial charge in [0.1, 0.15) is 5.75 Å². The number of benzene rings is 1. The third kappa shape index (κ3) is 2.99. The first kappa shape index (κ1) is 12.4. The Morgan fingerprint density at radius 2 is 2.12 bits per heavy atom. The quantitative estimate of drug-likeness (QED) is 0.820. The topological polar surface area (TPSA) is 49.5 Å². The molecule has 1 aromatic carbocycles. The van der Waals surface area contributed by atoms with E-state index >= 15 is 0 Å². The van der Waals surface area contributed by atoms with Gasteiger partial charge in [-0.05, 0) is 69.1 Å². The van der Waals surface area contributed by atoms with Gasteiger partial charge in [-0.15, -0.1) is 0 Å². The van der Waals surface area contributed by atoms with Crippen LogP contribution in [0.4, 0.5) is 0 Å². The molecule has 3 heteroatoms. The Bertz CT molecular complexity index is 367. The summed E-state index contributed by atoms with van der Waals surface area (Å²) in [7, 11) is 2.17. The lowest BCUT2D eigenvalue weighted by Gasteiger charge is -2.23. The Morgan fingerprint density at radius 1 is 1.35 bits per heavy atom. The molecule has 1 saturated heterocycles. The zero-order valence-corrected chi connectivity index (χ0v) is 10.5. The van der Waals surface area contributed by atoms with Crippen LogP contribution in [0.5, 0.6) is 5.75 Å². The smallest absolute Gasteiger partial charge is 0.115 e. The molecule has 0 aromatic heterocycles. The molecule has 2 unspecified atom stereocenters. The molecule has 2 atom stereocenters. The van der Waals surface area contributed by atoms with Crippen molar-refractivity contribution in [3.8, 4) is 5.75 Å². The van der Waals surface area contributed by atoms with Crippen LogP contribution < -0.4 is 5.73 Å². The van der Waals surface area contributed by atoms with E-state index in [2.05, 4.69) is 18.0 Å². The van der Waals surface area contributed by atoms with Crippen molar-refractivity contribution >= 4 is 0 Å². The van der Waals surface area contributed by atoms with Gasteiger partial charge in [0.25, 0.3) is 0 Å². The molecule has 17 heavy (non-hydrogen) atoms. The van der Waals surface area contributed by atoms with E-state index in [0.29, 0.717) is 17.6 Å². The summed E-state index contributed by atoms with van der Waals surface area (Å²) in [5.74, 6) is 1.37. The number of phenolic OH excluding ortho intramolecular Hbond substituents is 1. The SMILES string of the molecule is CN1CCC(CN)C(c2cccc(O)c2)CC1. The van der Waals surface area contributed by atoms with Crippen LogP contribution in [0.15, 0.2) is 24.3 Å². The van der Waals surface area contributed by atoms with E-state index in [4.69, 9.17) is 5.73 Å². The number of nitrogens with two attached hydrogens (primary N) is 1. The highest BCUT2D eigenvalue weighted by Gasteiger charge is 2.25. The molecule has 1 aliphatic rings. The molecular formula is C14H22N2O. The van der Waals surface area contributed by atoms with Crippen LogP contribution in [0.25, 0.3) is 0 Å². The summed E-state index contributed by atoms with van der Waals surface area (Å²) in [5, 5.41) is 9.58. The Labute approximate surface area is 103 Å². The molecule has 1 heterocycles. The Balaban J connectivity index is 2.21. The minimum absolute atomic E-state index is 0.357. The predicted octanol–water partition coefficient (Wildman–Crippen LogP) is 1.78. The second kappa shape index (κ2) is 5.52. The van der Waals surface area contributed by atoms with Gasteiger partial charge < -0.3 is 15.7 Å². The number of likely N-dealkylation sites (tertiary alicyclic amines) is 1. The summed E-state index contributed by atoms with van der Waals surface area (Å²) in [6.07, 6.45) is 2.27. The highest BCUT2D eigenvalue weighted by Crippen LogP contribution is 2.33. The second-order valence-corrected chi connectivity index (χ2v) is 5.08. The van der Waals surface area contributed by atoms with Crippen LogP contribution >= 0.6 is 0 Å². The summed E-state index contributed by atoms with van der Waals surface area (Å²) < 4.78 is 0. The van der Waals surface area contributed by atoms with Crippen LogP contribution in [0.3, 0.4) is 0 Å². The Kier molecular flexibility index (Phi) is 4.02. The van der Waals surface area contributed by atoms with Gasteiger partial charge in [-0.1, -0.05) is 12.1 Å². The second-order valence-electron chi connectivity index (χ2n) is 5.08. The maximum atomic E-state index is 9.58.